The van der Waals surface area contributed by atoms with Gasteiger partial charge < -0.3 is 14.6 Å². The zero-order chi connectivity index (χ0) is 22.3. The summed E-state index contributed by atoms with van der Waals surface area (Å²) >= 11 is 0. The van der Waals surface area contributed by atoms with Crippen molar-refractivity contribution in [3.8, 4) is 11.1 Å². The lowest BCUT2D eigenvalue weighted by Gasteiger charge is -2.22. The summed E-state index contributed by atoms with van der Waals surface area (Å²) in [6.45, 7) is 0.452. The summed E-state index contributed by atoms with van der Waals surface area (Å²) in [5.74, 6) is -1.17. The second-order valence-corrected chi connectivity index (χ2v) is 7.66. The monoisotopic (exact) mass is 431 g/mol. The maximum absolute atomic E-state index is 12.7. The van der Waals surface area contributed by atoms with Gasteiger partial charge in [0.25, 0.3) is 0 Å². The molecule has 3 aromatic carbocycles. The molecule has 1 aliphatic carbocycles. The van der Waals surface area contributed by atoms with Crippen LogP contribution in [0, 0.1) is 0 Å². The first-order valence-corrected chi connectivity index (χ1v) is 10.6. The third kappa shape index (κ3) is 4.98. The molecule has 164 valence electrons. The Morgan fingerprint density at radius 3 is 2.06 bits per heavy atom. The molecule has 0 fully saturated rings. The van der Waals surface area contributed by atoms with Crippen LogP contribution in [0.1, 0.15) is 22.6 Å². The van der Waals surface area contributed by atoms with Crippen molar-refractivity contribution in [2.75, 3.05) is 26.3 Å². The molecule has 0 radical (unpaired) electrons. The van der Waals surface area contributed by atoms with E-state index in [0.717, 1.165) is 27.8 Å². The second-order valence-electron chi connectivity index (χ2n) is 7.66. The standard InChI is InChI=1S/C26H25NO5/c28-25(29)16-27(14-15-31-17-19-8-2-1-3-9-19)26(30)32-18-24-22-12-6-4-10-20(22)21-11-5-7-13-23(21)24/h1-13,24H,14-18H2,(H,28,29). The molecular weight excluding hydrogens is 406 g/mol. The fraction of sp³-hybridized carbons (Fsp3) is 0.231. The number of carboxylic acids is 1. The first-order chi connectivity index (χ1) is 15.6. The molecule has 1 N–H and O–H groups in total. The number of hydrogen-bond donors (Lipinski definition) is 1. The Kier molecular flexibility index (Phi) is 6.82. The van der Waals surface area contributed by atoms with Gasteiger partial charge in [-0.3, -0.25) is 9.69 Å². The van der Waals surface area contributed by atoms with Crippen LogP contribution in [0.5, 0.6) is 0 Å². The first-order valence-electron chi connectivity index (χ1n) is 10.6. The molecule has 6 nitrogen and oxygen atoms in total. The van der Waals surface area contributed by atoms with E-state index in [9.17, 15) is 14.7 Å². The highest BCUT2D eigenvalue weighted by Gasteiger charge is 2.30. The van der Waals surface area contributed by atoms with Crippen molar-refractivity contribution in [3.63, 3.8) is 0 Å². The molecule has 1 amide bonds. The Labute approximate surface area is 187 Å². The Hall–Kier alpha value is -3.64. The van der Waals surface area contributed by atoms with Crippen LogP contribution in [0.2, 0.25) is 0 Å². The largest absolute Gasteiger partial charge is 0.480 e. The number of benzene rings is 3. The molecule has 0 bridgehead atoms. The van der Waals surface area contributed by atoms with Crippen LogP contribution in [-0.2, 0) is 20.9 Å². The summed E-state index contributed by atoms with van der Waals surface area (Å²) in [5, 5.41) is 9.22. The van der Waals surface area contributed by atoms with E-state index in [1.54, 1.807) is 0 Å². The highest BCUT2D eigenvalue weighted by atomic mass is 16.6. The Bertz CT molecular complexity index is 1040. The number of carboxylic acid groups (broad SMARTS) is 1. The van der Waals surface area contributed by atoms with Gasteiger partial charge in [0.2, 0.25) is 0 Å². The number of nitrogens with zero attached hydrogens (tertiary/aromatic N) is 1. The van der Waals surface area contributed by atoms with Gasteiger partial charge in [-0.25, -0.2) is 4.79 Å². The van der Waals surface area contributed by atoms with Crippen LogP contribution < -0.4 is 0 Å². The SMILES string of the molecule is O=C(O)CN(CCOCc1ccccc1)C(=O)OCC1c2ccccc2-c2ccccc21. The van der Waals surface area contributed by atoms with Crippen LogP contribution >= 0.6 is 0 Å². The summed E-state index contributed by atoms with van der Waals surface area (Å²) in [4.78, 5) is 25.1. The number of rotatable bonds is 9. The van der Waals surface area contributed by atoms with E-state index in [1.807, 2.05) is 66.7 Å². The molecule has 4 rings (SSSR count). The average Bonchev–Trinajstić information content (AvgIpc) is 3.13. The van der Waals surface area contributed by atoms with Gasteiger partial charge in [-0.1, -0.05) is 78.9 Å². The molecule has 0 aromatic heterocycles. The number of ether oxygens (including phenoxy) is 2. The van der Waals surface area contributed by atoms with Crippen LogP contribution in [0.25, 0.3) is 11.1 Å². The fourth-order valence-electron chi connectivity index (χ4n) is 4.02. The first kappa shape index (κ1) is 21.6. The highest BCUT2D eigenvalue weighted by molar-refractivity contribution is 5.79. The van der Waals surface area contributed by atoms with Crippen LogP contribution in [-0.4, -0.2) is 48.4 Å². The molecule has 0 heterocycles. The number of carbonyl (C=O) groups is 2. The smallest absolute Gasteiger partial charge is 0.410 e. The molecular formula is C26H25NO5. The van der Waals surface area contributed by atoms with Crippen molar-refractivity contribution in [3.05, 3.63) is 95.6 Å². The maximum atomic E-state index is 12.7. The molecule has 1 aliphatic rings. The van der Waals surface area contributed by atoms with E-state index < -0.39 is 18.6 Å². The number of hydrogen-bond acceptors (Lipinski definition) is 4. The predicted molar refractivity (Wildman–Crippen MR) is 120 cm³/mol. The number of aliphatic carboxylic acids is 1. The topological polar surface area (TPSA) is 76.1 Å². The number of carbonyl (C=O) groups excluding carboxylic acids is 1. The van der Waals surface area contributed by atoms with Gasteiger partial charge in [0.05, 0.1) is 13.2 Å². The molecule has 0 saturated carbocycles. The van der Waals surface area contributed by atoms with E-state index in [-0.39, 0.29) is 25.7 Å². The molecule has 3 aromatic rings. The van der Waals surface area contributed by atoms with Crippen molar-refractivity contribution < 1.29 is 24.2 Å². The normalized spacial score (nSPS) is 12.1. The van der Waals surface area contributed by atoms with Gasteiger partial charge in [0.15, 0.2) is 0 Å². The van der Waals surface area contributed by atoms with Gasteiger partial charge in [0.1, 0.15) is 13.2 Å². The minimum absolute atomic E-state index is 0.0765. The molecule has 6 heteroatoms. The lowest BCUT2D eigenvalue weighted by molar-refractivity contribution is -0.138. The van der Waals surface area contributed by atoms with Gasteiger partial charge in [-0.15, -0.1) is 0 Å². The van der Waals surface area contributed by atoms with Crippen molar-refractivity contribution in [2.24, 2.45) is 0 Å². The lowest BCUT2D eigenvalue weighted by Crippen LogP contribution is -2.39. The molecule has 0 aliphatic heterocycles. The second kappa shape index (κ2) is 10.1. The maximum Gasteiger partial charge on any atom is 0.410 e. The Balaban J connectivity index is 1.36. The van der Waals surface area contributed by atoms with Crippen molar-refractivity contribution in [2.45, 2.75) is 12.5 Å². The van der Waals surface area contributed by atoms with Gasteiger partial charge >= 0.3 is 12.1 Å². The van der Waals surface area contributed by atoms with Crippen molar-refractivity contribution in [1.82, 2.24) is 4.90 Å². The molecule has 0 saturated heterocycles. The molecule has 0 spiro atoms. The Morgan fingerprint density at radius 1 is 0.844 bits per heavy atom. The quantitative estimate of drug-likeness (QED) is 0.504. The number of fused-ring (bicyclic) bond motifs is 3. The predicted octanol–water partition coefficient (Wildman–Crippen LogP) is 4.54. The minimum atomic E-state index is -1.10. The fourth-order valence-corrected chi connectivity index (χ4v) is 4.02. The zero-order valence-corrected chi connectivity index (χ0v) is 17.6. The zero-order valence-electron chi connectivity index (χ0n) is 17.6. The van der Waals surface area contributed by atoms with E-state index >= 15 is 0 Å². The van der Waals surface area contributed by atoms with Crippen molar-refractivity contribution in [1.29, 1.82) is 0 Å². The van der Waals surface area contributed by atoms with Crippen LogP contribution in [0.15, 0.2) is 78.9 Å². The third-order valence-corrected chi connectivity index (χ3v) is 5.54. The van der Waals surface area contributed by atoms with E-state index in [1.165, 1.54) is 4.90 Å². The van der Waals surface area contributed by atoms with Gasteiger partial charge in [-0.05, 0) is 27.8 Å². The van der Waals surface area contributed by atoms with Crippen molar-refractivity contribution >= 4 is 12.1 Å². The summed E-state index contributed by atoms with van der Waals surface area (Å²) in [7, 11) is 0. The summed E-state index contributed by atoms with van der Waals surface area (Å²) in [5.41, 5.74) is 5.51. The number of amides is 1. The molecule has 0 unspecified atom stereocenters. The third-order valence-electron chi connectivity index (χ3n) is 5.54. The molecule has 0 atom stereocenters. The van der Waals surface area contributed by atoms with E-state index in [4.69, 9.17) is 9.47 Å². The van der Waals surface area contributed by atoms with Gasteiger partial charge in [-0.2, -0.15) is 0 Å². The average molecular weight is 431 g/mol. The van der Waals surface area contributed by atoms with Gasteiger partial charge in [0, 0.05) is 12.5 Å². The lowest BCUT2D eigenvalue weighted by atomic mass is 9.98. The summed E-state index contributed by atoms with van der Waals surface area (Å²) < 4.78 is 11.2. The summed E-state index contributed by atoms with van der Waals surface area (Å²) in [6.07, 6.45) is -0.655. The minimum Gasteiger partial charge on any atom is -0.480 e. The van der Waals surface area contributed by atoms with Crippen LogP contribution in [0.4, 0.5) is 4.79 Å². The van der Waals surface area contributed by atoms with Crippen LogP contribution in [0.3, 0.4) is 0 Å². The Morgan fingerprint density at radius 2 is 1.44 bits per heavy atom. The van der Waals surface area contributed by atoms with E-state index in [2.05, 4.69) is 12.1 Å². The highest BCUT2D eigenvalue weighted by Crippen LogP contribution is 2.44. The molecule has 32 heavy (non-hydrogen) atoms. The summed E-state index contributed by atoms with van der Waals surface area (Å²) in [6, 6.07) is 25.8. The van der Waals surface area contributed by atoms with E-state index in [0.29, 0.717) is 6.61 Å².